The molecule has 1 atom stereocenters. The highest BCUT2D eigenvalue weighted by Crippen LogP contribution is 2.29. The van der Waals surface area contributed by atoms with E-state index in [1.54, 1.807) is 0 Å². The molecule has 0 fully saturated rings. The normalized spacial score (nSPS) is 11.5. The molecule has 0 bridgehead atoms. The Bertz CT molecular complexity index is 1040. The van der Waals surface area contributed by atoms with Gasteiger partial charge in [-0.15, -0.1) is 11.8 Å². The summed E-state index contributed by atoms with van der Waals surface area (Å²) in [6.45, 7) is 4.05. The largest absolute Gasteiger partial charge is 0.457 e. The number of benzene rings is 3. The Hall–Kier alpha value is -3.25. The number of amides is 2. The van der Waals surface area contributed by atoms with Gasteiger partial charge < -0.3 is 15.4 Å². The quantitative estimate of drug-likeness (QED) is 0.298. The highest BCUT2D eigenvalue weighted by molar-refractivity contribution is 8.00. The number of unbranched alkanes of at least 4 members (excludes halogenated alkanes) is 1. The first-order chi connectivity index (χ1) is 16.1. The van der Waals surface area contributed by atoms with E-state index in [2.05, 4.69) is 17.6 Å². The lowest BCUT2D eigenvalue weighted by atomic mass is 10.2. The van der Waals surface area contributed by atoms with Crippen molar-refractivity contribution in [1.82, 2.24) is 0 Å². The van der Waals surface area contributed by atoms with Crippen LogP contribution in [0.5, 0.6) is 11.5 Å². The molecule has 5 nitrogen and oxygen atoms in total. The van der Waals surface area contributed by atoms with Gasteiger partial charge in [-0.05, 0) is 67.4 Å². The SMILES string of the molecule is CCCCC(=O)Nc1cccc(SC(CC)C(=O)Nc2ccc(Oc3ccccc3)cc2)c1. The van der Waals surface area contributed by atoms with Crippen LogP contribution in [0.2, 0.25) is 0 Å². The molecule has 0 saturated heterocycles. The molecule has 172 valence electrons. The summed E-state index contributed by atoms with van der Waals surface area (Å²) in [6, 6.07) is 24.5. The van der Waals surface area contributed by atoms with E-state index >= 15 is 0 Å². The van der Waals surface area contributed by atoms with Crippen LogP contribution in [0.15, 0.2) is 83.8 Å². The van der Waals surface area contributed by atoms with Gasteiger partial charge in [0.25, 0.3) is 0 Å². The molecule has 0 heterocycles. The van der Waals surface area contributed by atoms with E-state index in [1.165, 1.54) is 11.8 Å². The minimum absolute atomic E-state index is 0.0171. The van der Waals surface area contributed by atoms with Gasteiger partial charge in [0.1, 0.15) is 11.5 Å². The third kappa shape index (κ3) is 7.99. The molecule has 3 aromatic rings. The van der Waals surface area contributed by atoms with Crippen LogP contribution in [0.3, 0.4) is 0 Å². The number of nitrogens with one attached hydrogen (secondary N) is 2. The molecule has 3 rings (SSSR count). The summed E-state index contributed by atoms with van der Waals surface area (Å²) in [4.78, 5) is 25.8. The molecular formula is C27H30N2O3S. The molecule has 0 spiro atoms. The molecule has 0 radical (unpaired) electrons. The lowest BCUT2D eigenvalue weighted by Gasteiger charge is -2.16. The van der Waals surface area contributed by atoms with Gasteiger partial charge in [0.05, 0.1) is 5.25 Å². The van der Waals surface area contributed by atoms with Crippen molar-refractivity contribution in [3.05, 3.63) is 78.9 Å². The predicted molar refractivity (Wildman–Crippen MR) is 136 cm³/mol. The molecule has 2 N–H and O–H groups in total. The topological polar surface area (TPSA) is 67.4 Å². The molecule has 33 heavy (non-hydrogen) atoms. The minimum Gasteiger partial charge on any atom is -0.457 e. The van der Waals surface area contributed by atoms with Crippen LogP contribution in [-0.2, 0) is 9.59 Å². The zero-order chi connectivity index (χ0) is 23.5. The van der Waals surface area contributed by atoms with Crippen LogP contribution in [-0.4, -0.2) is 17.1 Å². The summed E-state index contributed by atoms with van der Waals surface area (Å²) >= 11 is 1.49. The number of hydrogen-bond donors (Lipinski definition) is 2. The van der Waals surface area contributed by atoms with E-state index in [4.69, 9.17) is 4.74 Å². The standard InChI is InChI=1S/C27H30N2O3S/c1-3-5-14-26(30)28-21-10-9-13-24(19-21)33-25(4-2)27(31)29-20-15-17-23(18-16-20)32-22-11-7-6-8-12-22/h6-13,15-19,25H,3-5,14H2,1-2H3,(H,28,30)(H,29,31). The van der Waals surface area contributed by atoms with Crippen molar-refractivity contribution in [1.29, 1.82) is 0 Å². The van der Waals surface area contributed by atoms with Crippen LogP contribution in [0.1, 0.15) is 39.5 Å². The average molecular weight is 463 g/mol. The summed E-state index contributed by atoms with van der Waals surface area (Å²) in [5.41, 5.74) is 1.47. The second-order valence-corrected chi connectivity index (χ2v) is 8.90. The maximum atomic E-state index is 12.9. The Morgan fingerprint density at radius 3 is 2.27 bits per heavy atom. The number of anilines is 2. The van der Waals surface area contributed by atoms with Gasteiger partial charge in [-0.2, -0.15) is 0 Å². The molecule has 6 heteroatoms. The maximum Gasteiger partial charge on any atom is 0.237 e. The Balaban J connectivity index is 1.56. The Morgan fingerprint density at radius 2 is 1.58 bits per heavy atom. The van der Waals surface area contributed by atoms with Crippen molar-refractivity contribution < 1.29 is 14.3 Å². The zero-order valence-electron chi connectivity index (χ0n) is 19.0. The van der Waals surface area contributed by atoms with Crippen molar-refractivity contribution in [3.63, 3.8) is 0 Å². The third-order valence-corrected chi connectivity index (χ3v) is 6.28. The molecule has 0 aliphatic carbocycles. The lowest BCUT2D eigenvalue weighted by molar-refractivity contribution is -0.116. The third-order valence-electron chi connectivity index (χ3n) is 4.92. The fourth-order valence-corrected chi connectivity index (χ4v) is 4.16. The van der Waals surface area contributed by atoms with Crippen molar-refractivity contribution in [2.24, 2.45) is 0 Å². The molecule has 0 aromatic heterocycles. The van der Waals surface area contributed by atoms with Crippen molar-refractivity contribution in [3.8, 4) is 11.5 Å². The van der Waals surface area contributed by atoms with E-state index in [1.807, 2.05) is 85.8 Å². The fraction of sp³-hybridized carbons (Fsp3) is 0.259. The molecule has 3 aromatic carbocycles. The van der Waals surface area contributed by atoms with E-state index in [0.717, 1.165) is 34.9 Å². The van der Waals surface area contributed by atoms with Gasteiger partial charge in [0.2, 0.25) is 11.8 Å². The number of para-hydroxylation sites is 1. The number of carbonyl (C=O) groups excluding carboxylic acids is 2. The first-order valence-corrected chi connectivity index (χ1v) is 12.2. The number of rotatable bonds is 11. The van der Waals surface area contributed by atoms with Crippen LogP contribution >= 0.6 is 11.8 Å². The lowest BCUT2D eigenvalue weighted by Crippen LogP contribution is -2.24. The molecule has 0 aliphatic rings. The molecule has 0 saturated carbocycles. The molecule has 1 unspecified atom stereocenters. The van der Waals surface area contributed by atoms with Gasteiger partial charge in [0.15, 0.2) is 0 Å². The first kappa shape index (κ1) is 24.4. The Labute approximate surface area is 199 Å². The monoisotopic (exact) mass is 462 g/mol. The van der Waals surface area contributed by atoms with Crippen LogP contribution < -0.4 is 15.4 Å². The summed E-state index contributed by atoms with van der Waals surface area (Å²) in [5.74, 6) is 1.43. The average Bonchev–Trinajstić information content (AvgIpc) is 2.83. The number of thioether (sulfide) groups is 1. The minimum atomic E-state index is -0.253. The number of ether oxygens (including phenoxy) is 1. The van der Waals surface area contributed by atoms with Gasteiger partial charge >= 0.3 is 0 Å². The van der Waals surface area contributed by atoms with Crippen molar-refractivity contribution in [2.45, 2.75) is 49.7 Å². The molecule has 2 amide bonds. The Morgan fingerprint density at radius 1 is 0.848 bits per heavy atom. The zero-order valence-corrected chi connectivity index (χ0v) is 19.9. The van der Waals surface area contributed by atoms with E-state index in [-0.39, 0.29) is 17.1 Å². The summed E-state index contributed by atoms with van der Waals surface area (Å²) in [5, 5.41) is 5.67. The number of hydrogen-bond acceptors (Lipinski definition) is 4. The van der Waals surface area contributed by atoms with E-state index in [0.29, 0.717) is 18.6 Å². The highest BCUT2D eigenvalue weighted by atomic mass is 32.2. The van der Waals surface area contributed by atoms with E-state index < -0.39 is 0 Å². The fourth-order valence-electron chi connectivity index (χ4n) is 3.15. The smallest absolute Gasteiger partial charge is 0.237 e. The number of carbonyl (C=O) groups is 2. The summed E-state index contributed by atoms with van der Waals surface area (Å²) in [7, 11) is 0. The second kappa shape index (κ2) is 12.7. The second-order valence-electron chi connectivity index (χ2n) is 7.62. The molecule has 0 aliphatic heterocycles. The molecular weight excluding hydrogens is 432 g/mol. The summed E-state index contributed by atoms with van der Waals surface area (Å²) < 4.78 is 5.80. The maximum absolute atomic E-state index is 12.9. The predicted octanol–water partition coefficient (Wildman–Crippen LogP) is 7.12. The van der Waals surface area contributed by atoms with Gasteiger partial charge in [-0.3, -0.25) is 9.59 Å². The Kier molecular flexibility index (Phi) is 9.39. The van der Waals surface area contributed by atoms with Crippen LogP contribution in [0.4, 0.5) is 11.4 Å². The van der Waals surface area contributed by atoms with Gasteiger partial charge in [-0.1, -0.05) is 44.5 Å². The van der Waals surface area contributed by atoms with Gasteiger partial charge in [0, 0.05) is 22.7 Å². The summed E-state index contributed by atoms with van der Waals surface area (Å²) in [6.07, 6.45) is 3.05. The van der Waals surface area contributed by atoms with Crippen LogP contribution in [0, 0.1) is 0 Å². The van der Waals surface area contributed by atoms with Crippen molar-refractivity contribution in [2.75, 3.05) is 10.6 Å². The highest BCUT2D eigenvalue weighted by Gasteiger charge is 2.18. The van der Waals surface area contributed by atoms with E-state index in [9.17, 15) is 9.59 Å². The van der Waals surface area contributed by atoms with Crippen LogP contribution in [0.25, 0.3) is 0 Å². The van der Waals surface area contributed by atoms with Gasteiger partial charge in [-0.25, -0.2) is 0 Å². The first-order valence-electron chi connectivity index (χ1n) is 11.3. The van der Waals surface area contributed by atoms with Crippen molar-refractivity contribution >= 4 is 35.0 Å².